The number of hydrogen-bond donors (Lipinski definition) is 1. The third kappa shape index (κ3) is 2.05. The first-order chi connectivity index (χ1) is 5.97. The normalized spacial score (nSPS) is 29.8. The van der Waals surface area contributed by atoms with Crippen molar-refractivity contribution >= 4 is 0 Å². The Morgan fingerprint density at radius 3 is 2.69 bits per heavy atom. The first-order valence-electron chi connectivity index (χ1n) is 5.10. The second-order valence-corrected chi connectivity index (χ2v) is 4.66. The molecule has 0 bridgehead atoms. The van der Waals surface area contributed by atoms with Gasteiger partial charge in [0.15, 0.2) is 0 Å². The maximum atomic E-state index is 9.56. The summed E-state index contributed by atoms with van der Waals surface area (Å²) in [6.07, 6.45) is 2.21. The van der Waals surface area contributed by atoms with Crippen LogP contribution in [0.25, 0.3) is 0 Å². The Hall–Kier alpha value is -0.500. The van der Waals surface area contributed by atoms with Crippen LogP contribution < -0.4 is 0 Å². The topological polar surface area (TPSA) is 23.5 Å². The molecule has 13 heavy (non-hydrogen) atoms. The second-order valence-electron chi connectivity index (χ2n) is 4.66. The lowest BCUT2D eigenvalue weighted by Gasteiger charge is -2.35. The number of aliphatic hydroxyl groups excluding tert-OH is 1. The van der Waals surface area contributed by atoms with Crippen LogP contribution in [0.1, 0.15) is 33.6 Å². The summed E-state index contributed by atoms with van der Waals surface area (Å²) >= 11 is 0. The van der Waals surface area contributed by atoms with Crippen molar-refractivity contribution in [2.75, 3.05) is 13.1 Å². The molecule has 0 aromatic rings. The molecule has 0 aliphatic carbocycles. The van der Waals surface area contributed by atoms with E-state index in [0.717, 1.165) is 19.5 Å². The van der Waals surface area contributed by atoms with Crippen LogP contribution in [-0.4, -0.2) is 28.6 Å². The number of aliphatic hydroxyl groups is 1. The van der Waals surface area contributed by atoms with Gasteiger partial charge in [0.05, 0.1) is 5.54 Å². The van der Waals surface area contributed by atoms with Gasteiger partial charge < -0.3 is 5.11 Å². The lowest BCUT2D eigenvalue weighted by atomic mass is 9.96. The Labute approximate surface area is 81.2 Å². The summed E-state index contributed by atoms with van der Waals surface area (Å²) in [5, 5.41) is 9.56. The maximum Gasteiger partial charge on any atom is 0.105 e. The summed E-state index contributed by atoms with van der Waals surface area (Å²) in [6, 6.07) is 0. The van der Waals surface area contributed by atoms with Crippen LogP contribution in [0.5, 0.6) is 0 Å². The third-order valence-electron chi connectivity index (χ3n) is 3.00. The summed E-state index contributed by atoms with van der Waals surface area (Å²) in [5.74, 6) is 0.974. The van der Waals surface area contributed by atoms with Crippen LogP contribution in [0.3, 0.4) is 0 Å². The van der Waals surface area contributed by atoms with E-state index in [1.54, 1.807) is 0 Å². The van der Waals surface area contributed by atoms with Crippen molar-refractivity contribution in [3.8, 4) is 0 Å². The summed E-state index contributed by atoms with van der Waals surface area (Å²) in [7, 11) is 0. The van der Waals surface area contributed by atoms with Crippen molar-refractivity contribution < 1.29 is 5.11 Å². The van der Waals surface area contributed by atoms with E-state index in [-0.39, 0.29) is 5.54 Å². The molecule has 0 radical (unpaired) electrons. The zero-order valence-corrected chi connectivity index (χ0v) is 9.01. The zero-order valence-electron chi connectivity index (χ0n) is 9.01. The molecule has 1 aliphatic rings. The number of likely N-dealkylation sites (tertiary alicyclic amines) is 1. The van der Waals surface area contributed by atoms with E-state index in [2.05, 4.69) is 32.3 Å². The quantitative estimate of drug-likeness (QED) is 0.680. The first-order valence-corrected chi connectivity index (χ1v) is 5.10. The molecule has 76 valence electrons. The Balaban J connectivity index is 2.68. The molecule has 2 nitrogen and oxygen atoms in total. The molecule has 0 aromatic carbocycles. The molecular weight excluding hydrogens is 162 g/mol. The summed E-state index contributed by atoms with van der Waals surface area (Å²) in [5.41, 5.74) is -0.162. The Morgan fingerprint density at radius 1 is 1.62 bits per heavy atom. The van der Waals surface area contributed by atoms with E-state index in [9.17, 15) is 5.11 Å². The fourth-order valence-corrected chi connectivity index (χ4v) is 2.08. The van der Waals surface area contributed by atoms with E-state index in [4.69, 9.17) is 0 Å². The highest BCUT2D eigenvalue weighted by Crippen LogP contribution is 2.33. The van der Waals surface area contributed by atoms with Crippen molar-refractivity contribution in [3.05, 3.63) is 12.3 Å². The fourth-order valence-electron chi connectivity index (χ4n) is 2.08. The van der Waals surface area contributed by atoms with Crippen molar-refractivity contribution in [1.82, 2.24) is 4.90 Å². The Bertz CT molecular complexity index is 200. The lowest BCUT2D eigenvalue weighted by Crippen LogP contribution is -2.44. The van der Waals surface area contributed by atoms with Crippen LogP contribution in [0.15, 0.2) is 12.3 Å². The van der Waals surface area contributed by atoms with Gasteiger partial charge in [0, 0.05) is 6.54 Å². The minimum atomic E-state index is -0.162. The minimum absolute atomic E-state index is 0.162. The molecular formula is C11H21NO. The van der Waals surface area contributed by atoms with Gasteiger partial charge in [0.25, 0.3) is 0 Å². The van der Waals surface area contributed by atoms with Gasteiger partial charge in [0.1, 0.15) is 5.76 Å². The molecule has 1 N–H and O–H groups in total. The largest absolute Gasteiger partial charge is 0.511 e. The first kappa shape index (κ1) is 10.6. The smallest absolute Gasteiger partial charge is 0.105 e. The molecule has 0 saturated carbocycles. The molecule has 0 amide bonds. The second kappa shape index (κ2) is 3.70. The van der Waals surface area contributed by atoms with Gasteiger partial charge in [-0.2, -0.15) is 0 Å². The molecule has 1 atom stereocenters. The van der Waals surface area contributed by atoms with Crippen molar-refractivity contribution in [1.29, 1.82) is 0 Å². The number of rotatable bonds is 3. The Morgan fingerprint density at radius 2 is 2.23 bits per heavy atom. The van der Waals surface area contributed by atoms with Gasteiger partial charge in [0.2, 0.25) is 0 Å². The molecule has 1 aliphatic heterocycles. The minimum Gasteiger partial charge on any atom is -0.511 e. The average molecular weight is 183 g/mol. The van der Waals surface area contributed by atoms with Crippen molar-refractivity contribution in [3.63, 3.8) is 0 Å². The monoisotopic (exact) mass is 183 g/mol. The van der Waals surface area contributed by atoms with Crippen molar-refractivity contribution in [2.24, 2.45) is 5.92 Å². The van der Waals surface area contributed by atoms with Crippen molar-refractivity contribution in [2.45, 2.75) is 39.2 Å². The maximum absolute atomic E-state index is 9.56. The van der Waals surface area contributed by atoms with Gasteiger partial charge in [-0.25, -0.2) is 0 Å². The van der Waals surface area contributed by atoms with Gasteiger partial charge in [-0.15, -0.1) is 0 Å². The molecule has 1 heterocycles. The summed E-state index contributed by atoms with van der Waals surface area (Å²) in [4.78, 5) is 2.35. The molecule has 0 aromatic heterocycles. The van der Waals surface area contributed by atoms with E-state index in [1.165, 1.54) is 6.42 Å². The summed E-state index contributed by atoms with van der Waals surface area (Å²) in [6.45, 7) is 12.3. The van der Waals surface area contributed by atoms with Gasteiger partial charge >= 0.3 is 0 Å². The van der Waals surface area contributed by atoms with Crippen LogP contribution in [0, 0.1) is 5.92 Å². The SMILES string of the molecule is C=C(O)C1(C)CCCN1CC(C)C. The Kier molecular flexibility index (Phi) is 3.01. The van der Waals surface area contributed by atoms with E-state index >= 15 is 0 Å². The number of nitrogens with zero attached hydrogens (tertiary/aromatic N) is 1. The molecule has 1 fully saturated rings. The van der Waals surface area contributed by atoms with Gasteiger partial charge in [-0.1, -0.05) is 20.4 Å². The average Bonchev–Trinajstić information content (AvgIpc) is 2.33. The summed E-state index contributed by atoms with van der Waals surface area (Å²) < 4.78 is 0. The van der Waals surface area contributed by atoms with Crippen LogP contribution in [-0.2, 0) is 0 Å². The molecule has 1 rings (SSSR count). The highest BCUT2D eigenvalue weighted by atomic mass is 16.3. The zero-order chi connectivity index (χ0) is 10.1. The highest BCUT2D eigenvalue weighted by molar-refractivity contribution is 5.10. The van der Waals surface area contributed by atoms with Crippen LogP contribution in [0.4, 0.5) is 0 Å². The van der Waals surface area contributed by atoms with E-state index in [1.807, 2.05) is 0 Å². The fraction of sp³-hybridized carbons (Fsp3) is 0.818. The number of hydrogen-bond acceptors (Lipinski definition) is 2. The van der Waals surface area contributed by atoms with Gasteiger partial charge in [-0.3, -0.25) is 4.90 Å². The highest BCUT2D eigenvalue weighted by Gasteiger charge is 2.39. The van der Waals surface area contributed by atoms with Crippen LogP contribution in [0.2, 0.25) is 0 Å². The molecule has 1 unspecified atom stereocenters. The van der Waals surface area contributed by atoms with E-state index < -0.39 is 0 Å². The van der Waals surface area contributed by atoms with Crippen LogP contribution >= 0.6 is 0 Å². The standard InChI is InChI=1S/C11H21NO/c1-9(2)8-12-7-5-6-11(12,4)10(3)13/h9,13H,3,5-8H2,1-2,4H3. The lowest BCUT2D eigenvalue weighted by molar-refractivity contribution is 0.124. The molecule has 1 saturated heterocycles. The van der Waals surface area contributed by atoms with Gasteiger partial charge in [-0.05, 0) is 32.2 Å². The third-order valence-corrected chi connectivity index (χ3v) is 3.00. The molecule has 0 spiro atoms. The van der Waals surface area contributed by atoms with E-state index in [0.29, 0.717) is 11.7 Å². The predicted octanol–water partition coefficient (Wildman–Crippen LogP) is 2.57. The molecule has 2 heteroatoms. The predicted molar refractivity (Wildman–Crippen MR) is 55.8 cm³/mol.